The fraction of sp³-hybridized carbons (Fsp3) is 0.259. The second-order valence-electron chi connectivity index (χ2n) is 7.92. The quantitative estimate of drug-likeness (QED) is 0.308. The van der Waals surface area contributed by atoms with Gasteiger partial charge in [0.05, 0.1) is 17.9 Å². The van der Waals surface area contributed by atoms with Crippen LogP contribution in [0.5, 0.6) is 11.6 Å². The molecule has 0 saturated heterocycles. The number of para-hydroxylation sites is 1. The summed E-state index contributed by atoms with van der Waals surface area (Å²) in [7, 11) is 0. The summed E-state index contributed by atoms with van der Waals surface area (Å²) in [6.45, 7) is 6.30. The molecule has 7 nitrogen and oxygen atoms in total. The Labute approximate surface area is 208 Å². The summed E-state index contributed by atoms with van der Waals surface area (Å²) in [4.78, 5) is 19.9. The minimum absolute atomic E-state index is 0.0817. The van der Waals surface area contributed by atoms with Crippen molar-refractivity contribution in [1.82, 2.24) is 15.2 Å². The molecule has 0 aliphatic carbocycles. The van der Waals surface area contributed by atoms with Gasteiger partial charge in [-0.1, -0.05) is 74.1 Å². The Hall–Kier alpha value is -3.65. The number of thioether (sulfide) groups is 1. The lowest BCUT2D eigenvalue weighted by Crippen LogP contribution is -2.37. The Morgan fingerprint density at radius 1 is 1.03 bits per heavy atom. The number of carbonyl (C=O) groups excluding carboxylic acids is 1. The number of amides is 1. The minimum atomic E-state index is -0.811. The molecule has 3 aromatic carbocycles. The molecular weight excluding hydrogens is 460 g/mol. The van der Waals surface area contributed by atoms with Gasteiger partial charge in [0.2, 0.25) is 23.2 Å². The predicted octanol–water partition coefficient (Wildman–Crippen LogP) is 6.04. The Morgan fingerprint density at radius 3 is 2.63 bits per heavy atom. The maximum absolute atomic E-state index is 13.5. The van der Waals surface area contributed by atoms with Crippen LogP contribution in [-0.4, -0.2) is 33.4 Å². The number of benzene rings is 3. The maximum atomic E-state index is 13.5. The number of rotatable bonds is 6. The van der Waals surface area contributed by atoms with Crippen molar-refractivity contribution in [3.05, 3.63) is 66.2 Å². The molecule has 4 aromatic rings. The van der Waals surface area contributed by atoms with E-state index >= 15 is 0 Å². The van der Waals surface area contributed by atoms with E-state index in [0.717, 1.165) is 27.7 Å². The first-order valence-corrected chi connectivity index (χ1v) is 12.7. The summed E-state index contributed by atoms with van der Waals surface area (Å²) in [6, 6.07) is 19.7. The Balaban J connectivity index is 1.82. The van der Waals surface area contributed by atoms with Crippen LogP contribution >= 0.6 is 11.8 Å². The summed E-state index contributed by atoms with van der Waals surface area (Å²) in [5.74, 6) is 1.73. The van der Waals surface area contributed by atoms with Gasteiger partial charge in [-0.05, 0) is 35.6 Å². The number of ether oxygens (including phenoxy) is 2. The number of hydrogen-bond acceptors (Lipinski definition) is 7. The van der Waals surface area contributed by atoms with E-state index in [0.29, 0.717) is 41.2 Å². The fourth-order valence-corrected chi connectivity index (χ4v) is 4.85. The van der Waals surface area contributed by atoms with Gasteiger partial charge in [0, 0.05) is 12.0 Å². The largest absolute Gasteiger partial charge is 0.493 e. The maximum Gasteiger partial charge on any atom is 0.247 e. The lowest BCUT2D eigenvalue weighted by atomic mass is 10.0. The van der Waals surface area contributed by atoms with Gasteiger partial charge in [0.25, 0.3) is 0 Å². The first kappa shape index (κ1) is 23.1. The molecule has 178 valence electrons. The van der Waals surface area contributed by atoms with Crippen LogP contribution in [0.4, 0.5) is 5.69 Å². The molecule has 0 spiro atoms. The highest BCUT2D eigenvalue weighted by Crippen LogP contribution is 2.46. The number of fused-ring (bicyclic) bond motifs is 4. The Morgan fingerprint density at radius 2 is 1.83 bits per heavy atom. The summed E-state index contributed by atoms with van der Waals surface area (Å²) in [6.07, 6.45) is -0.511. The molecule has 35 heavy (non-hydrogen) atoms. The van der Waals surface area contributed by atoms with Gasteiger partial charge in [-0.25, -0.2) is 0 Å². The lowest BCUT2D eigenvalue weighted by molar-refractivity contribution is -0.120. The van der Waals surface area contributed by atoms with E-state index in [2.05, 4.69) is 10.2 Å². The van der Waals surface area contributed by atoms with Crippen LogP contribution in [0.2, 0.25) is 0 Å². The molecule has 0 N–H and O–H groups in total. The van der Waals surface area contributed by atoms with E-state index < -0.39 is 6.23 Å². The zero-order valence-corrected chi connectivity index (χ0v) is 20.7. The summed E-state index contributed by atoms with van der Waals surface area (Å²) >= 11 is 1.49. The standard InChI is InChI=1S/C27H26N4O3S/c1-4-22(32)31-20-14-10-9-13-19(20)24-25(28-27(30-29-24)35-6-3)34-26(31)23-18-12-8-7-11-17(18)15-16-21(23)33-5-2/h7-16,26H,4-6H2,1-3H3/t26-/m1/s1. The fourth-order valence-electron chi connectivity index (χ4n) is 4.34. The Kier molecular flexibility index (Phi) is 6.55. The number of carbonyl (C=O) groups is 1. The van der Waals surface area contributed by atoms with Crippen molar-refractivity contribution in [3.8, 4) is 22.9 Å². The molecule has 1 aromatic heterocycles. The first-order valence-electron chi connectivity index (χ1n) is 11.8. The second-order valence-corrected chi connectivity index (χ2v) is 9.15. The normalized spacial score (nSPS) is 14.6. The van der Waals surface area contributed by atoms with E-state index in [4.69, 9.17) is 14.5 Å². The monoisotopic (exact) mass is 486 g/mol. The zero-order chi connectivity index (χ0) is 24.4. The molecule has 2 heterocycles. The van der Waals surface area contributed by atoms with E-state index in [9.17, 15) is 4.79 Å². The van der Waals surface area contributed by atoms with E-state index in [1.54, 1.807) is 4.90 Å². The van der Waals surface area contributed by atoms with Crippen molar-refractivity contribution in [2.75, 3.05) is 17.3 Å². The van der Waals surface area contributed by atoms with Crippen molar-refractivity contribution >= 4 is 34.1 Å². The predicted molar refractivity (Wildman–Crippen MR) is 138 cm³/mol. The molecule has 5 rings (SSSR count). The average molecular weight is 487 g/mol. The number of anilines is 1. The van der Waals surface area contributed by atoms with E-state index in [-0.39, 0.29) is 5.91 Å². The molecule has 0 bridgehead atoms. The molecule has 1 atom stereocenters. The van der Waals surface area contributed by atoms with Crippen molar-refractivity contribution in [1.29, 1.82) is 0 Å². The molecule has 0 saturated carbocycles. The highest BCUT2D eigenvalue weighted by atomic mass is 32.2. The van der Waals surface area contributed by atoms with E-state index in [1.807, 2.05) is 81.4 Å². The van der Waals surface area contributed by atoms with Crippen LogP contribution in [0.15, 0.2) is 65.8 Å². The summed E-state index contributed by atoms with van der Waals surface area (Å²) < 4.78 is 12.7. The second kappa shape index (κ2) is 9.92. The third-order valence-electron chi connectivity index (χ3n) is 5.83. The minimum Gasteiger partial charge on any atom is -0.493 e. The molecule has 1 aliphatic heterocycles. The third-order valence-corrected chi connectivity index (χ3v) is 6.55. The number of nitrogens with zero attached hydrogens (tertiary/aromatic N) is 4. The molecule has 1 amide bonds. The van der Waals surface area contributed by atoms with Crippen LogP contribution in [0, 0.1) is 0 Å². The molecule has 8 heteroatoms. The summed E-state index contributed by atoms with van der Waals surface area (Å²) in [5, 5.41) is 11.3. The van der Waals surface area contributed by atoms with Gasteiger partial charge >= 0.3 is 0 Å². The lowest BCUT2D eigenvalue weighted by Gasteiger charge is -2.32. The molecule has 0 unspecified atom stereocenters. The average Bonchev–Trinajstić information content (AvgIpc) is 3.02. The zero-order valence-electron chi connectivity index (χ0n) is 19.9. The van der Waals surface area contributed by atoms with Crippen molar-refractivity contribution in [2.24, 2.45) is 0 Å². The van der Waals surface area contributed by atoms with Crippen LogP contribution in [0.1, 0.15) is 39.0 Å². The highest BCUT2D eigenvalue weighted by molar-refractivity contribution is 7.99. The van der Waals surface area contributed by atoms with E-state index in [1.165, 1.54) is 11.8 Å². The van der Waals surface area contributed by atoms with Gasteiger partial charge in [0.1, 0.15) is 5.75 Å². The SMILES string of the molecule is CCOc1ccc2ccccc2c1[C@H]1Oc2nc(SCC)nnc2-c2ccccc2N1C(=O)CC. The summed E-state index contributed by atoms with van der Waals surface area (Å²) in [5.41, 5.74) is 2.73. The number of hydrogen-bond donors (Lipinski definition) is 0. The van der Waals surface area contributed by atoms with Gasteiger partial charge in [-0.2, -0.15) is 4.98 Å². The number of aromatic nitrogens is 3. The van der Waals surface area contributed by atoms with Crippen LogP contribution < -0.4 is 14.4 Å². The topological polar surface area (TPSA) is 77.4 Å². The van der Waals surface area contributed by atoms with Crippen LogP contribution in [-0.2, 0) is 4.79 Å². The van der Waals surface area contributed by atoms with Gasteiger partial charge in [0.15, 0.2) is 5.69 Å². The van der Waals surface area contributed by atoms with Crippen LogP contribution in [0.3, 0.4) is 0 Å². The van der Waals surface area contributed by atoms with Gasteiger partial charge < -0.3 is 9.47 Å². The van der Waals surface area contributed by atoms with Gasteiger partial charge in [-0.15, -0.1) is 10.2 Å². The first-order chi connectivity index (χ1) is 17.2. The highest BCUT2D eigenvalue weighted by Gasteiger charge is 2.37. The third kappa shape index (κ3) is 4.18. The molecule has 0 fully saturated rings. The molecular formula is C27H26N4O3S. The molecule has 1 aliphatic rings. The van der Waals surface area contributed by atoms with Crippen molar-refractivity contribution in [2.45, 2.75) is 38.6 Å². The smallest absolute Gasteiger partial charge is 0.247 e. The molecule has 0 radical (unpaired) electrons. The van der Waals surface area contributed by atoms with Crippen molar-refractivity contribution in [3.63, 3.8) is 0 Å². The van der Waals surface area contributed by atoms with Crippen molar-refractivity contribution < 1.29 is 14.3 Å². The van der Waals surface area contributed by atoms with Gasteiger partial charge in [-0.3, -0.25) is 9.69 Å². The Bertz CT molecular complexity index is 1390. The van der Waals surface area contributed by atoms with Crippen LogP contribution in [0.25, 0.3) is 22.0 Å².